The van der Waals surface area contributed by atoms with Gasteiger partial charge in [0.05, 0.1) is 11.8 Å². The maximum absolute atomic E-state index is 13.2. The molecule has 2 atom stereocenters. The minimum absolute atomic E-state index is 0.00668. The van der Waals surface area contributed by atoms with Crippen LogP contribution >= 0.6 is 0 Å². The summed E-state index contributed by atoms with van der Waals surface area (Å²) >= 11 is 0. The first-order valence-electron chi connectivity index (χ1n) is 11.0. The predicted molar refractivity (Wildman–Crippen MR) is 126 cm³/mol. The highest BCUT2D eigenvalue weighted by atomic mass is 32.2. The molecular weight excluding hydrogens is 445 g/mol. The molecule has 0 spiro atoms. The number of hydrogen-bond acceptors (Lipinski definition) is 5. The van der Waals surface area contributed by atoms with Crippen molar-refractivity contribution >= 4 is 21.7 Å². The molecule has 0 radical (unpaired) electrons. The summed E-state index contributed by atoms with van der Waals surface area (Å²) in [4.78, 5) is 13.1. The van der Waals surface area contributed by atoms with Gasteiger partial charge >= 0.3 is 5.97 Å². The van der Waals surface area contributed by atoms with Crippen molar-refractivity contribution in [1.29, 1.82) is 0 Å². The number of sulfonamides is 1. The van der Waals surface area contributed by atoms with Crippen LogP contribution in [0, 0.1) is 5.82 Å². The maximum Gasteiger partial charge on any atom is 0.338 e. The topological polar surface area (TPSA) is 92.7 Å². The van der Waals surface area contributed by atoms with Gasteiger partial charge in [-0.3, -0.25) is 4.72 Å². The van der Waals surface area contributed by atoms with E-state index in [1.807, 2.05) is 6.92 Å². The number of ether oxygens (including phenoxy) is 1. The molecule has 0 amide bonds. The molecule has 1 aliphatic rings. The number of esters is 1. The highest BCUT2D eigenvalue weighted by Gasteiger charge is 2.42. The zero-order valence-electron chi connectivity index (χ0n) is 19.1. The van der Waals surface area contributed by atoms with Gasteiger partial charge in [-0.15, -0.1) is 0 Å². The van der Waals surface area contributed by atoms with Gasteiger partial charge in [0, 0.05) is 18.0 Å². The fourth-order valence-corrected chi connectivity index (χ4v) is 4.92. The molecule has 2 unspecified atom stereocenters. The summed E-state index contributed by atoms with van der Waals surface area (Å²) in [5.74, 6) is -1.37. The standard InChI is InChI=1S/C25H30FNO5S/c1-4-13-25(14-12-18-8-10-20(26)11-9-18)16-22(28)23(24(29)32-25)17(2)19-6-5-7-21(15-19)27-33(3,30)31/h5-11,15,17,27-28H,4,12-14,16H2,1-3H3. The van der Waals surface area contributed by atoms with E-state index >= 15 is 0 Å². The molecule has 8 heteroatoms. The van der Waals surface area contributed by atoms with Crippen molar-refractivity contribution in [3.05, 3.63) is 76.8 Å². The molecule has 1 heterocycles. The van der Waals surface area contributed by atoms with Gasteiger partial charge < -0.3 is 9.84 Å². The van der Waals surface area contributed by atoms with Gasteiger partial charge in [0.15, 0.2) is 0 Å². The van der Waals surface area contributed by atoms with Gasteiger partial charge in [0.2, 0.25) is 10.0 Å². The van der Waals surface area contributed by atoms with Crippen LogP contribution in [0.1, 0.15) is 56.6 Å². The first-order valence-corrected chi connectivity index (χ1v) is 12.9. The Bertz CT molecular complexity index is 1140. The number of hydrogen-bond donors (Lipinski definition) is 2. The smallest absolute Gasteiger partial charge is 0.338 e. The van der Waals surface area contributed by atoms with Crippen molar-refractivity contribution in [3.8, 4) is 0 Å². The fourth-order valence-electron chi connectivity index (χ4n) is 4.37. The maximum atomic E-state index is 13.2. The highest BCUT2D eigenvalue weighted by Crippen LogP contribution is 2.41. The molecule has 0 fully saturated rings. The normalized spacial score (nSPS) is 19.8. The van der Waals surface area contributed by atoms with Crippen LogP contribution in [0.25, 0.3) is 0 Å². The number of aliphatic hydroxyl groups excluding tert-OH is 1. The number of rotatable bonds is 9. The molecule has 0 bridgehead atoms. The summed E-state index contributed by atoms with van der Waals surface area (Å²) in [6.45, 7) is 3.77. The molecule has 178 valence electrons. The van der Waals surface area contributed by atoms with Crippen molar-refractivity contribution in [1.82, 2.24) is 0 Å². The molecule has 2 aromatic rings. The fraction of sp³-hybridized carbons (Fsp3) is 0.400. The number of carbonyl (C=O) groups is 1. The van der Waals surface area contributed by atoms with Gasteiger partial charge in [0.25, 0.3) is 0 Å². The van der Waals surface area contributed by atoms with E-state index in [-0.39, 0.29) is 23.6 Å². The summed E-state index contributed by atoms with van der Waals surface area (Å²) in [7, 11) is -3.44. The third-order valence-corrected chi connectivity index (χ3v) is 6.55. The quantitative estimate of drug-likeness (QED) is 0.485. The zero-order valence-corrected chi connectivity index (χ0v) is 19.9. The van der Waals surface area contributed by atoms with Crippen molar-refractivity contribution in [3.63, 3.8) is 0 Å². The van der Waals surface area contributed by atoms with Gasteiger partial charge in [-0.25, -0.2) is 17.6 Å². The molecule has 33 heavy (non-hydrogen) atoms. The third kappa shape index (κ3) is 6.35. The number of nitrogens with one attached hydrogen (secondary N) is 1. The minimum atomic E-state index is -3.44. The molecule has 6 nitrogen and oxygen atoms in total. The molecular formula is C25H30FNO5S. The minimum Gasteiger partial charge on any atom is -0.512 e. The molecule has 0 aromatic heterocycles. The summed E-state index contributed by atoms with van der Waals surface area (Å²) in [5.41, 5.74) is 1.34. The van der Waals surface area contributed by atoms with Crippen LogP contribution in [0.3, 0.4) is 0 Å². The number of anilines is 1. The number of halogens is 1. The van der Waals surface area contributed by atoms with Crippen LogP contribution in [-0.2, 0) is 26.0 Å². The Hall–Kier alpha value is -2.87. The molecule has 2 aromatic carbocycles. The number of aryl methyl sites for hydroxylation is 1. The molecule has 0 aliphatic carbocycles. The van der Waals surface area contributed by atoms with Crippen LogP contribution in [-0.4, -0.2) is 31.4 Å². The SMILES string of the molecule is CCCC1(CCc2ccc(F)cc2)CC(O)=C(C(C)c2cccc(NS(C)(=O)=O)c2)C(=O)O1. The second-order valence-corrected chi connectivity index (χ2v) is 10.5. The van der Waals surface area contributed by atoms with Gasteiger partial charge in [-0.1, -0.05) is 44.5 Å². The Kier molecular flexibility index (Phi) is 7.47. The average molecular weight is 476 g/mol. The van der Waals surface area contributed by atoms with Crippen molar-refractivity contribution in [2.24, 2.45) is 0 Å². The Balaban J connectivity index is 1.83. The predicted octanol–water partition coefficient (Wildman–Crippen LogP) is 5.23. The molecule has 2 N–H and O–H groups in total. The number of aliphatic hydroxyl groups is 1. The summed E-state index contributed by atoms with van der Waals surface area (Å²) < 4.78 is 44.7. The largest absolute Gasteiger partial charge is 0.512 e. The van der Waals surface area contributed by atoms with E-state index in [0.717, 1.165) is 18.2 Å². The van der Waals surface area contributed by atoms with Crippen LogP contribution in [0.2, 0.25) is 0 Å². The van der Waals surface area contributed by atoms with Gasteiger partial charge in [-0.05, 0) is 54.7 Å². The van der Waals surface area contributed by atoms with E-state index in [9.17, 15) is 22.7 Å². The van der Waals surface area contributed by atoms with Crippen LogP contribution in [0.4, 0.5) is 10.1 Å². The monoisotopic (exact) mass is 475 g/mol. The Labute approximate surface area is 194 Å². The van der Waals surface area contributed by atoms with Crippen LogP contribution < -0.4 is 4.72 Å². The van der Waals surface area contributed by atoms with Crippen LogP contribution in [0.15, 0.2) is 59.9 Å². The zero-order chi connectivity index (χ0) is 24.2. The number of cyclic esters (lactones) is 1. The van der Waals surface area contributed by atoms with Crippen molar-refractivity contribution < 1.29 is 27.4 Å². The summed E-state index contributed by atoms with van der Waals surface area (Å²) in [6.07, 6.45) is 3.74. The molecule has 3 rings (SSSR count). The molecule has 0 saturated heterocycles. The molecule has 0 saturated carbocycles. The Morgan fingerprint density at radius 3 is 2.48 bits per heavy atom. The summed E-state index contributed by atoms with van der Waals surface area (Å²) in [5, 5.41) is 10.9. The Morgan fingerprint density at radius 1 is 1.18 bits per heavy atom. The molecule has 1 aliphatic heterocycles. The lowest BCUT2D eigenvalue weighted by atomic mass is 9.81. The number of benzene rings is 2. The van der Waals surface area contributed by atoms with Gasteiger partial charge in [-0.2, -0.15) is 0 Å². The lowest BCUT2D eigenvalue weighted by Crippen LogP contribution is -2.41. The first-order chi connectivity index (χ1) is 15.5. The van der Waals surface area contributed by atoms with E-state index in [2.05, 4.69) is 4.72 Å². The van der Waals surface area contributed by atoms with E-state index in [1.165, 1.54) is 12.1 Å². The van der Waals surface area contributed by atoms with Crippen molar-refractivity contribution in [2.75, 3.05) is 11.0 Å². The van der Waals surface area contributed by atoms with Crippen molar-refractivity contribution in [2.45, 2.75) is 57.5 Å². The number of carbonyl (C=O) groups excluding carboxylic acids is 1. The van der Waals surface area contributed by atoms with Crippen LogP contribution in [0.5, 0.6) is 0 Å². The first kappa shape index (κ1) is 24.8. The second-order valence-electron chi connectivity index (χ2n) is 8.71. The summed E-state index contributed by atoms with van der Waals surface area (Å²) in [6, 6.07) is 12.9. The second kappa shape index (κ2) is 9.95. The lowest BCUT2D eigenvalue weighted by molar-refractivity contribution is -0.161. The third-order valence-electron chi connectivity index (χ3n) is 5.94. The van der Waals surface area contributed by atoms with E-state index in [4.69, 9.17) is 4.74 Å². The average Bonchev–Trinajstić information content (AvgIpc) is 2.72. The van der Waals surface area contributed by atoms with E-state index in [1.54, 1.807) is 43.3 Å². The van der Waals surface area contributed by atoms with Gasteiger partial charge in [0.1, 0.15) is 17.2 Å². The van der Waals surface area contributed by atoms with E-state index in [0.29, 0.717) is 30.5 Å². The van der Waals surface area contributed by atoms with E-state index < -0.39 is 27.5 Å². The highest BCUT2D eigenvalue weighted by molar-refractivity contribution is 7.92. The Morgan fingerprint density at radius 2 is 1.88 bits per heavy atom. The lowest BCUT2D eigenvalue weighted by Gasteiger charge is -2.38.